The minimum absolute atomic E-state index is 0.277. The summed E-state index contributed by atoms with van der Waals surface area (Å²) in [6, 6.07) is 16.3. The average molecular weight is 389 g/mol. The van der Waals surface area contributed by atoms with Crippen molar-refractivity contribution in [1.29, 1.82) is 0 Å². The van der Waals surface area contributed by atoms with E-state index in [1.807, 2.05) is 38.1 Å². The number of ether oxygens (including phenoxy) is 1. The van der Waals surface area contributed by atoms with Crippen molar-refractivity contribution in [3.8, 4) is 0 Å². The Balaban J connectivity index is 1.74. The summed E-state index contributed by atoms with van der Waals surface area (Å²) in [6.45, 7) is 5.97. The Labute approximate surface area is 169 Å². The molecule has 0 unspecified atom stereocenters. The number of aromatic nitrogens is 1. The first-order chi connectivity index (χ1) is 14.0. The van der Waals surface area contributed by atoms with Crippen LogP contribution in [0.2, 0.25) is 0 Å². The first kappa shape index (κ1) is 20.1. The summed E-state index contributed by atoms with van der Waals surface area (Å²) in [6.07, 6.45) is 1.56. The van der Waals surface area contributed by atoms with Gasteiger partial charge in [-0.1, -0.05) is 30.3 Å². The van der Waals surface area contributed by atoms with E-state index in [-0.39, 0.29) is 5.91 Å². The number of hydrogen-bond donors (Lipinski definition) is 2. The topological polar surface area (TPSA) is 80.3 Å². The first-order valence-electron chi connectivity index (χ1n) is 9.36. The molecule has 0 saturated carbocycles. The van der Waals surface area contributed by atoms with Gasteiger partial charge in [0.15, 0.2) is 0 Å². The molecule has 0 aliphatic heterocycles. The molecule has 3 aromatic rings. The maximum atomic E-state index is 12.5. The van der Waals surface area contributed by atoms with Crippen LogP contribution in [0.1, 0.15) is 38.9 Å². The van der Waals surface area contributed by atoms with Crippen LogP contribution in [0.4, 0.5) is 17.1 Å². The molecular weight excluding hydrogens is 366 g/mol. The Morgan fingerprint density at radius 2 is 1.69 bits per heavy atom. The van der Waals surface area contributed by atoms with Crippen molar-refractivity contribution < 1.29 is 14.3 Å². The molecule has 29 heavy (non-hydrogen) atoms. The molecule has 6 heteroatoms. The van der Waals surface area contributed by atoms with E-state index in [1.54, 1.807) is 43.5 Å². The predicted molar refractivity (Wildman–Crippen MR) is 114 cm³/mol. The third-order valence-corrected chi connectivity index (χ3v) is 4.42. The largest absolute Gasteiger partial charge is 0.462 e. The second kappa shape index (κ2) is 9.01. The van der Waals surface area contributed by atoms with E-state index in [9.17, 15) is 9.59 Å². The summed E-state index contributed by atoms with van der Waals surface area (Å²) in [4.78, 5) is 28.9. The normalized spacial score (nSPS) is 10.3. The number of aryl methyl sites for hydroxylation is 2. The summed E-state index contributed by atoms with van der Waals surface area (Å²) in [5, 5.41) is 6.07. The third-order valence-electron chi connectivity index (χ3n) is 4.42. The number of hydrogen-bond acceptors (Lipinski definition) is 5. The van der Waals surface area contributed by atoms with Crippen LogP contribution in [0.15, 0.2) is 60.8 Å². The summed E-state index contributed by atoms with van der Waals surface area (Å²) in [5.41, 5.74) is 4.79. The number of esters is 1. The number of carbonyl (C=O) groups is 2. The van der Waals surface area contributed by atoms with Crippen LogP contribution in [0, 0.1) is 13.8 Å². The zero-order valence-corrected chi connectivity index (χ0v) is 16.7. The predicted octanol–water partition coefficient (Wildman–Crippen LogP) is 4.87. The molecule has 0 radical (unpaired) electrons. The molecule has 3 rings (SSSR count). The summed E-state index contributed by atoms with van der Waals surface area (Å²) >= 11 is 0. The number of amides is 1. The fourth-order valence-corrected chi connectivity index (χ4v) is 2.93. The lowest BCUT2D eigenvalue weighted by Gasteiger charge is -2.12. The van der Waals surface area contributed by atoms with Crippen LogP contribution in [0.25, 0.3) is 0 Å². The van der Waals surface area contributed by atoms with Crippen molar-refractivity contribution in [3.63, 3.8) is 0 Å². The first-order valence-corrected chi connectivity index (χ1v) is 9.36. The van der Waals surface area contributed by atoms with E-state index in [0.29, 0.717) is 29.2 Å². The number of nitrogens with one attached hydrogen (secondary N) is 2. The Morgan fingerprint density at radius 3 is 2.34 bits per heavy atom. The maximum absolute atomic E-state index is 12.5. The van der Waals surface area contributed by atoms with Gasteiger partial charge < -0.3 is 15.4 Å². The molecule has 0 aliphatic rings. The van der Waals surface area contributed by atoms with Gasteiger partial charge in [0.2, 0.25) is 0 Å². The van der Waals surface area contributed by atoms with Crippen molar-refractivity contribution in [2.45, 2.75) is 20.8 Å². The number of carbonyl (C=O) groups excluding carboxylic acids is 2. The standard InChI is InChI=1S/C23H23N3O3/c1-4-29-23(28)18-10-5-6-11-19(18)25-17-12-13-20(24-14-17)22(27)26-21-15(2)8-7-9-16(21)3/h5-14,25H,4H2,1-3H3,(H,26,27). The summed E-state index contributed by atoms with van der Waals surface area (Å²) in [7, 11) is 0. The third kappa shape index (κ3) is 4.79. The number of para-hydroxylation sites is 2. The molecule has 0 aliphatic carbocycles. The molecule has 1 heterocycles. The SMILES string of the molecule is CCOC(=O)c1ccccc1Nc1ccc(C(=O)Nc2c(C)cccc2C)nc1. The van der Waals surface area contributed by atoms with Crippen LogP contribution in [0.5, 0.6) is 0 Å². The Kier molecular flexibility index (Phi) is 6.24. The lowest BCUT2D eigenvalue weighted by molar-refractivity contribution is 0.0527. The van der Waals surface area contributed by atoms with Gasteiger partial charge in [0.05, 0.1) is 29.7 Å². The molecule has 1 amide bonds. The number of nitrogens with zero attached hydrogens (tertiary/aromatic N) is 1. The fraction of sp³-hybridized carbons (Fsp3) is 0.174. The highest BCUT2D eigenvalue weighted by Crippen LogP contribution is 2.23. The molecule has 0 fully saturated rings. The van der Waals surface area contributed by atoms with Gasteiger partial charge in [0, 0.05) is 5.69 Å². The van der Waals surface area contributed by atoms with Gasteiger partial charge in [0.1, 0.15) is 5.69 Å². The van der Waals surface area contributed by atoms with Gasteiger partial charge in [-0.15, -0.1) is 0 Å². The lowest BCUT2D eigenvalue weighted by Crippen LogP contribution is -2.15. The summed E-state index contributed by atoms with van der Waals surface area (Å²) in [5.74, 6) is -0.672. The van der Waals surface area contributed by atoms with Crippen molar-refractivity contribution in [2.24, 2.45) is 0 Å². The van der Waals surface area contributed by atoms with Crippen LogP contribution in [0.3, 0.4) is 0 Å². The second-order valence-corrected chi connectivity index (χ2v) is 6.54. The zero-order valence-electron chi connectivity index (χ0n) is 16.7. The molecule has 148 valence electrons. The van der Waals surface area contributed by atoms with Gasteiger partial charge in [0.25, 0.3) is 5.91 Å². The Morgan fingerprint density at radius 1 is 0.966 bits per heavy atom. The Bertz CT molecular complexity index is 1010. The molecule has 0 saturated heterocycles. The average Bonchev–Trinajstić information content (AvgIpc) is 2.72. The highest BCUT2D eigenvalue weighted by Gasteiger charge is 2.13. The van der Waals surface area contributed by atoms with Crippen molar-refractivity contribution in [3.05, 3.63) is 83.2 Å². The van der Waals surface area contributed by atoms with Crippen LogP contribution in [-0.2, 0) is 4.74 Å². The number of pyridine rings is 1. The maximum Gasteiger partial charge on any atom is 0.340 e. The van der Waals surface area contributed by atoms with E-state index in [4.69, 9.17) is 4.74 Å². The lowest BCUT2D eigenvalue weighted by atomic mass is 10.1. The Hall–Kier alpha value is -3.67. The second-order valence-electron chi connectivity index (χ2n) is 6.54. The highest BCUT2D eigenvalue weighted by atomic mass is 16.5. The number of benzene rings is 2. The number of anilines is 3. The van der Waals surface area contributed by atoms with Gasteiger partial charge in [-0.25, -0.2) is 9.78 Å². The molecule has 1 aromatic heterocycles. The van der Waals surface area contributed by atoms with Gasteiger partial charge in [-0.05, 0) is 56.2 Å². The molecular formula is C23H23N3O3. The molecule has 0 bridgehead atoms. The van der Waals surface area contributed by atoms with Crippen LogP contribution < -0.4 is 10.6 Å². The van der Waals surface area contributed by atoms with E-state index >= 15 is 0 Å². The smallest absolute Gasteiger partial charge is 0.340 e. The molecule has 2 aromatic carbocycles. The monoisotopic (exact) mass is 389 g/mol. The van der Waals surface area contributed by atoms with Gasteiger partial charge in [-0.3, -0.25) is 4.79 Å². The fourth-order valence-electron chi connectivity index (χ4n) is 2.93. The van der Waals surface area contributed by atoms with Gasteiger partial charge in [-0.2, -0.15) is 0 Å². The minimum atomic E-state index is -0.395. The quantitative estimate of drug-likeness (QED) is 0.588. The van der Waals surface area contributed by atoms with Crippen molar-refractivity contribution >= 4 is 28.9 Å². The van der Waals surface area contributed by atoms with E-state index in [2.05, 4.69) is 15.6 Å². The van der Waals surface area contributed by atoms with E-state index < -0.39 is 5.97 Å². The summed E-state index contributed by atoms with van der Waals surface area (Å²) < 4.78 is 5.09. The van der Waals surface area contributed by atoms with Crippen molar-refractivity contribution in [1.82, 2.24) is 4.98 Å². The van der Waals surface area contributed by atoms with Crippen LogP contribution in [-0.4, -0.2) is 23.5 Å². The molecule has 6 nitrogen and oxygen atoms in total. The molecule has 2 N–H and O–H groups in total. The molecule has 0 atom stereocenters. The van der Waals surface area contributed by atoms with E-state index in [1.165, 1.54) is 0 Å². The van der Waals surface area contributed by atoms with Crippen LogP contribution >= 0.6 is 0 Å². The zero-order chi connectivity index (χ0) is 20.8. The number of rotatable bonds is 6. The van der Waals surface area contributed by atoms with Gasteiger partial charge >= 0.3 is 5.97 Å². The minimum Gasteiger partial charge on any atom is -0.462 e. The van der Waals surface area contributed by atoms with E-state index in [0.717, 1.165) is 16.8 Å². The molecule has 0 spiro atoms. The van der Waals surface area contributed by atoms with Crippen molar-refractivity contribution in [2.75, 3.05) is 17.2 Å². The highest BCUT2D eigenvalue weighted by molar-refractivity contribution is 6.04.